The van der Waals surface area contributed by atoms with Crippen LogP contribution in [0.5, 0.6) is 0 Å². The molecule has 0 aliphatic heterocycles. The van der Waals surface area contributed by atoms with Gasteiger partial charge in [-0.3, -0.25) is 4.57 Å². The number of hydrogen-bond donors (Lipinski definition) is 3. The van der Waals surface area contributed by atoms with Gasteiger partial charge < -0.3 is 15.8 Å². The van der Waals surface area contributed by atoms with Gasteiger partial charge in [-0.05, 0) is 5.92 Å². The summed E-state index contributed by atoms with van der Waals surface area (Å²) in [5.74, 6) is -0.0613. The van der Waals surface area contributed by atoms with Gasteiger partial charge in [-0.15, -0.1) is 0 Å². The third-order valence-corrected chi connectivity index (χ3v) is 3.31. The zero-order valence-electron chi connectivity index (χ0n) is 7.27. The molecule has 4 N–H and O–H groups in total. The molecule has 1 atom stereocenters. The molecule has 6 heteroatoms. The molecule has 5 nitrogen and oxygen atoms in total. The van der Waals surface area contributed by atoms with Gasteiger partial charge in [-0.25, -0.2) is 0 Å². The first-order valence-corrected chi connectivity index (χ1v) is 5.67. The van der Waals surface area contributed by atoms with E-state index in [1.54, 1.807) is 0 Å². The minimum atomic E-state index is -3.24. The van der Waals surface area contributed by atoms with Crippen LogP contribution in [0.2, 0.25) is 0 Å². The Balaban J connectivity index is 4.14. The van der Waals surface area contributed by atoms with E-state index in [2.05, 4.69) is 5.16 Å². The predicted molar refractivity (Wildman–Crippen MR) is 47.8 cm³/mol. The molecule has 72 valence electrons. The molecule has 0 aromatic heterocycles. The van der Waals surface area contributed by atoms with Gasteiger partial charge >= 0.3 is 0 Å². The quantitative estimate of drug-likeness (QED) is 0.201. The van der Waals surface area contributed by atoms with Gasteiger partial charge in [0.25, 0.3) is 0 Å². The zero-order valence-corrected chi connectivity index (χ0v) is 8.16. The Morgan fingerprint density at radius 2 is 2.17 bits per heavy atom. The van der Waals surface area contributed by atoms with Crippen molar-refractivity contribution in [1.82, 2.24) is 0 Å². The third kappa shape index (κ3) is 5.16. The van der Waals surface area contributed by atoms with Gasteiger partial charge in [0.05, 0.1) is 6.16 Å². The lowest BCUT2D eigenvalue weighted by Crippen LogP contribution is -2.18. The van der Waals surface area contributed by atoms with Crippen molar-refractivity contribution in [3.8, 4) is 0 Å². The lowest BCUT2D eigenvalue weighted by atomic mass is 10.3. The summed E-state index contributed by atoms with van der Waals surface area (Å²) >= 11 is 0. The van der Waals surface area contributed by atoms with Crippen molar-refractivity contribution in [2.24, 2.45) is 16.8 Å². The van der Waals surface area contributed by atoms with E-state index in [-0.39, 0.29) is 24.1 Å². The van der Waals surface area contributed by atoms with Gasteiger partial charge in [0.1, 0.15) is 5.84 Å². The van der Waals surface area contributed by atoms with Crippen LogP contribution in [0.1, 0.15) is 13.8 Å². The smallest absolute Gasteiger partial charge is 0.208 e. The molecule has 1 unspecified atom stereocenters. The number of rotatable bonds is 4. The second-order valence-electron chi connectivity index (χ2n) is 3.17. The van der Waals surface area contributed by atoms with Crippen LogP contribution in [0.15, 0.2) is 5.16 Å². The Bertz CT molecular complexity index is 215. The van der Waals surface area contributed by atoms with Crippen molar-refractivity contribution in [3.05, 3.63) is 0 Å². The lowest BCUT2D eigenvalue weighted by Gasteiger charge is -2.12. The SMILES string of the molecule is CC(C)CP(=O)(O)CC(N)=NO. The van der Waals surface area contributed by atoms with E-state index in [0.29, 0.717) is 0 Å². The van der Waals surface area contributed by atoms with Crippen molar-refractivity contribution in [2.45, 2.75) is 13.8 Å². The number of nitrogens with two attached hydrogens (primary N) is 1. The second kappa shape index (κ2) is 4.48. The van der Waals surface area contributed by atoms with E-state index >= 15 is 0 Å². The number of hydrogen-bond acceptors (Lipinski definition) is 3. The summed E-state index contributed by atoms with van der Waals surface area (Å²) in [6.45, 7) is 3.68. The first kappa shape index (κ1) is 11.5. The normalized spacial score (nSPS) is 17.8. The minimum absolute atomic E-state index is 0.132. The number of amidine groups is 1. The van der Waals surface area contributed by atoms with Gasteiger partial charge in [0.15, 0.2) is 0 Å². The molecule has 0 fully saturated rings. The molecule has 0 saturated carbocycles. The van der Waals surface area contributed by atoms with Crippen LogP contribution in [0.3, 0.4) is 0 Å². The Hall–Kier alpha value is -0.540. The highest BCUT2D eigenvalue weighted by atomic mass is 31.2. The molecule has 0 aromatic carbocycles. The Labute approximate surface area is 71.7 Å². The van der Waals surface area contributed by atoms with Crippen molar-refractivity contribution in [2.75, 3.05) is 12.3 Å². The highest BCUT2D eigenvalue weighted by molar-refractivity contribution is 7.59. The minimum Gasteiger partial charge on any atom is -0.409 e. The predicted octanol–water partition coefficient (Wildman–Crippen LogP) is 0.659. The summed E-state index contributed by atoms with van der Waals surface area (Å²) in [5, 5.41) is 10.8. The summed E-state index contributed by atoms with van der Waals surface area (Å²) < 4.78 is 11.3. The fourth-order valence-corrected chi connectivity index (χ4v) is 2.76. The Kier molecular flexibility index (Phi) is 4.28. The van der Waals surface area contributed by atoms with Crippen molar-refractivity contribution in [3.63, 3.8) is 0 Å². The zero-order chi connectivity index (χ0) is 9.78. The van der Waals surface area contributed by atoms with Gasteiger partial charge in [0, 0.05) is 6.16 Å². The fraction of sp³-hybridized carbons (Fsp3) is 0.833. The molecule has 0 heterocycles. The molecule has 0 aliphatic carbocycles. The molecule has 0 rings (SSSR count). The topological polar surface area (TPSA) is 95.9 Å². The molecular weight excluding hydrogens is 179 g/mol. The van der Waals surface area contributed by atoms with Crippen LogP contribution in [-0.4, -0.2) is 28.3 Å². The molecule has 0 spiro atoms. The second-order valence-corrected chi connectivity index (χ2v) is 5.55. The van der Waals surface area contributed by atoms with Crippen LogP contribution in [-0.2, 0) is 4.57 Å². The summed E-state index contributed by atoms with van der Waals surface area (Å²) in [4.78, 5) is 9.27. The summed E-state index contributed by atoms with van der Waals surface area (Å²) in [5.41, 5.74) is 5.10. The van der Waals surface area contributed by atoms with E-state index in [1.165, 1.54) is 0 Å². The van der Waals surface area contributed by atoms with E-state index in [1.807, 2.05) is 13.8 Å². The van der Waals surface area contributed by atoms with Crippen LogP contribution in [0, 0.1) is 5.92 Å². The van der Waals surface area contributed by atoms with Gasteiger partial charge in [-0.1, -0.05) is 19.0 Å². The largest absolute Gasteiger partial charge is 0.409 e. The van der Waals surface area contributed by atoms with E-state index < -0.39 is 7.37 Å². The average Bonchev–Trinajstić information content (AvgIpc) is 1.83. The average molecular weight is 194 g/mol. The monoisotopic (exact) mass is 194 g/mol. The van der Waals surface area contributed by atoms with E-state index in [4.69, 9.17) is 10.9 Å². The summed E-state index contributed by atoms with van der Waals surface area (Å²) in [6.07, 6.45) is -0.0368. The van der Waals surface area contributed by atoms with Gasteiger partial charge in [-0.2, -0.15) is 0 Å². The third-order valence-electron chi connectivity index (χ3n) is 1.19. The first-order chi connectivity index (χ1) is 5.37. The maximum atomic E-state index is 11.3. The van der Waals surface area contributed by atoms with Crippen LogP contribution >= 0.6 is 7.37 Å². The number of nitrogens with zero attached hydrogens (tertiary/aromatic N) is 1. The van der Waals surface area contributed by atoms with Crippen molar-refractivity contribution in [1.29, 1.82) is 0 Å². The van der Waals surface area contributed by atoms with E-state index in [9.17, 15) is 9.46 Å². The molecule has 0 aromatic rings. The summed E-state index contributed by atoms with van der Waals surface area (Å²) in [6, 6.07) is 0. The molecule has 0 saturated heterocycles. The Morgan fingerprint density at radius 3 is 2.50 bits per heavy atom. The molecule has 0 bridgehead atoms. The molecule has 12 heavy (non-hydrogen) atoms. The van der Waals surface area contributed by atoms with Crippen molar-refractivity contribution < 1.29 is 14.7 Å². The Morgan fingerprint density at radius 1 is 1.67 bits per heavy atom. The van der Waals surface area contributed by atoms with Crippen LogP contribution in [0.4, 0.5) is 0 Å². The first-order valence-electron chi connectivity index (χ1n) is 3.64. The maximum absolute atomic E-state index is 11.3. The highest BCUT2D eigenvalue weighted by Gasteiger charge is 2.21. The highest BCUT2D eigenvalue weighted by Crippen LogP contribution is 2.41. The van der Waals surface area contributed by atoms with Gasteiger partial charge in [0.2, 0.25) is 7.37 Å². The van der Waals surface area contributed by atoms with Crippen LogP contribution in [0.25, 0.3) is 0 Å². The molecule has 0 aliphatic rings. The van der Waals surface area contributed by atoms with E-state index in [0.717, 1.165) is 0 Å². The standard InChI is InChI=1S/C6H15N2O3P/c1-5(2)3-12(10,11)4-6(7)8-9/h5,9H,3-4H2,1-2H3,(H2,7,8)(H,10,11). The maximum Gasteiger partial charge on any atom is 0.208 e. The molecular formula is C6H15N2O3P. The van der Waals surface area contributed by atoms with Crippen molar-refractivity contribution >= 4 is 13.2 Å². The molecule has 0 amide bonds. The fourth-order valence-electron chi connectivity index (χ4n) is 0.920. The molecule has 0 radical (unpaired) electrons. The number of oxime groups is 1. The summed E-state index contributed by atoms with van der Waals surface area (Å²) in [7, 11) is -3.24. The lowest BCUT2D eigenvalue weighted by molar-refractivity contribution is 0.318. The van der Waals surface area contributed by atoms with Crippen LogP contribution < -0.4 is 5.73 Å².